The van der Waals surface area contributed by atoms with E-state index >= 15 is 0 Å². The molecule has 11 rings (SSSR count). The molecule has 2 heterocycles. The first-order valence-electron chi connectivity index (χ1n) is 18.1. The molecule has 0 aliphatic rings. The smallest absolute Gasteiger partial charge is 0.0620 e. The highest BCUT2D eigenvalue weighted by Crippen LogP contribution is 2.46. The number of fused-ring (bicyclic) bond motifs is 4. The molecule has 53 heavy (non-hydrogen) atoms. The van der Waals surface area contributed by atoms with E-state index in [9.17, 15) is 0 Å². The second-order valence-corrected chi connectivity index (χ2v) is 14.8. The molecular weight excluding hydrogens is 661 g/mol. The minimum Gasteiger partial charge on any atom is -0.311 e. The van der Waals surface area contributed by atoms with Gasteiger partial charge < -0.3 is 9.47 Å². The number of aromatic nitrogens is 1. The van der Waals surface area contributed by atoms with E-state index in [4.69, 9.17) is 0 Å². The van der Waals surface area contributed by atoms with Crippen LogP contribution in [-0.4, -0.2) is 4.57 Å². The van der Waals surface area contributed by atoms with Gasteiger partial charge in [-0.2, -0.15) is 0 Å². The summed E-state index contributed by atoms with van der Waals surface area (Å²) in [6.07, 6.45) is 0. The quantitative estimate of drug-likeness (QED) is 0.158. The van der Waals surface area contributed by atoms with Crippen molar-refractivity contribution in [3.8, 4) is 26.6 Å². The molecule has 0 amide bonds. The number of anilines is 3. The Hall–Kier alpha value is -6.68. The summed E-state index contributed by atoms with van der Waals surface area (Å²) < 4.78 is 2.45. The Bertz CT molecular complexity index is 3050. The summed E-state index contributed by atoms with van der Waals surface area (Å²) in [5.41, 5.74) is 9.60. The van der Waals surface area contributed by atoms with Gasteiger partial charge in [-0.05, 0) is 111 Å². The molecule has 0 spiro atoms. The van der Waals surface area contributed by atoms with Crippen LogP contribution in [0.15, 0.2) is 194 Å². The van der Waals surface area contributed by atoms with Crippen LogP contribution in [0.1, 0.15) is 0 Å². The van der Waals surface area contributed by atoms with Crippen molar-refractivity contribution in [2.75, 3.05) is 4.90 Å². The van der Waals surface area contributed by atoms with Crippen LogP contribution in [0, 0.1) is 0 Å². The predicted molar refractivity (Wildman–Crippen MR) is 228 cm³/mol. The first kappa shape index (κ1) is 30.0. The zero-order valence-corrected chi connectivity index (χ0v) is 29.6. The summed E-state index contributed by atoms with van der Waals surface area (Å²) in [5.74, 6) is 0. The Balaban J connectivity index is 1.04. The van der Waals surface area contributed by atoms with Gasteiger partial charge in [-0.1, -0.05) is 121 Å². The van der Waals surface area contributed by atoms with Gasteiger partial charge in [0.05, 0.1) is 11.0 Å². The van der Waals surface area contributed by atoms with E-state index in [-0.39, 0.29) is 0 Å². The zero-order valence-electron chi connectivity index (χ0n) is 28.8. The fourth-order valence-electron chi connectivity index (χ4n) is 8.40. The summed E-state index contributed by atoms with van der Waals surface area (Å²) in [6.45, 7) is 0. The lowest BCUT2D eigenvalue weighted by Crippen LogP contribution is -2.09. The molecular formula is C50H32N2S. The van der Waals surface area contributed by atoms with Crippen LogP contribution in [-0.2, 0) is 0 Å². The van der Waals surface area contributed by atoms with E-state index in [1.54, 1.807) is 0 Å². The third-order valence-corrected chi connectivity index (χ3v) is 11.9. The van der Waals surface area contributed by atoms with Crippen molar-refractivity contribution in [3.63, 3.8) is 0 Å². The zero-order chi connectivity index (χ0) is 34.9. The second kappa shape index (κ2) is 11.9. The normalized spacial score (nSPS) is 11.8. The Labute approximate surface area is 311 Å². The Kier molecular flexibility index (Phi) is 6.76. The van der Waals surface area contributed by atoms with Crippen molar-refractivity contribution in [3.05, 3.63) is 194 Å². The third kappa shape index (κ3) is 4.71. The molecule has 0 fully saturated rings. The van der Waals surface area contributed by atoms with Crippen molar-refractivity contribution in [2.24, 2.45) is 0 Å². The number of nitrogens with zero attached hydrogens (tertiary/aromatic N) is 2. The molecule has 0 aliphatic heterocycles. The Morgan fingerprint density at radius 3 is 1.74 bits per heavy atom. The Morgan fingerprint density at radius 2 is 0.981 bits per heavy atom. The molecule has 11 aromatic rings. The highest BCUT2D eigenvalue weighted by molar-refractivity contribution is 7.18. The van der Waals surface area contributed by atoms with Gasteiger partial charge in [0.15, 0.2) is 0 Å². The maximum Gasteiger partial charge on any atom is 0.0620 e. The molecule has 2 nitrogen and oxygen atoms in total. The number of hydrogen-bond donors (Lipinski definition) is 0. The van der Waals surface area contributed by atoms with Crippen molar-refractivity contribution in [1.82, 2.24) is 4.57 Å². The van der Waals surface area contributed by atoms with E-state index < -0.39 is 0 Å². The minimum atomic E-state index is 1.13. The first-order valence-corrected chi connectivity index (χ1v) is 18.9. The van der Waals surface area contributed by atoms with Crippen LogP contribution in [0.3, 0.4) is 0 Å². The molecule has 3 heteroatoms. The maximum absolute atomic E-state index is 2.45. The van der Waals surface area contributed by atoms with Crippen molar-refractivity contribution in [1.29, 1.82) is 0 Å². The van der Waals surface area contributed by atoms with Crippen molar-refractivity contribution >= 4 is 82.5 Å². The van der Waals surface area contributed by atoms with E-state index in [1.165, 1.54) is 80.7 Å². The minimum absolute atomic E-state index is 1.13. The lowest BCUT2D eigenvalue weighted by molar-refractivity contribution is 1.19. The highest BCUT2D eigenvalue weighted by Gasteiger charge is 2.20. The number of hydrogen-bond acceptors (Lipinski definition) is 2. The number of thiophene rings is 1. The number of rotatable bonds is 6. The number of benzene rings is 9. The number of para-hydroxylation sites is 4. The predicted octanol–water partition coefficient (Wildman–Crippen LogP) is 14.5. The monoisotopic (exact) mass is 692 g/mol. The van der Waals surface area contributed by atoms with Gasteiger partial charge in [-0.3, -0.25) is 0 Å². The Morgan fingerprint density at radius 1 is 0.396 bits per heavy atom. The molecule has 0 atom stereocenters. The molecule has 0 saturated carbocycles. The SMILES string of the molecule is c1ccc(N(c2ccccc2)c2ccc(-c3ccc(-c4ccc5ccc6c7c(ccc4c57)cc4c5ccccc5n(-c5ccccc5)c46)s3)cc2)cc1. The van der Waals surface area contributed by atoms with Crippen molar-refractivity contribution in [2.45, 2.75) is 0 Å². The average Bonchev–Trinajstić information content (AvgIpc) is 3.85. The van der Waals surface area contributed by atoms with Crippen molar-refractivity contribution < 1.29 is 0 Å². The van der Waals surface area contributed by atoms with E-state index in [1.807, 2.05) is 11.3 Å². The molecule has 0 unspecified atom stereocenters. The highest BCUT2D eigenvalue weighted by atomic mass is 32.1. The lowest BCUT2D eigenvalue weighted by atomic mass is 9.90. The lowest BCUT2D eigenvalue weighted by Gasteiger charge is -2.25. The molecule has 248 valence electrons. The van der Waals surface area contributed by atoms with Gasteiger partial charge in [0.2, 0.25) is 0 Å². The van der Waals surface area contributed by atoms with E-state index in [2.05, 4.69) is 204 Å². The van der Waals surface area contributed by atoms with Gasteiger partial charge in [0.25, 0.3) is 0 Å². The molecule has 0 aliphatic carbocycles. The van der Waals surface area contributed by atoms with Crippen LogP contribution in [0.25, 0.3) is 80.7 Å². The van der Waals surface area contributed by atoms with E-state index in [0.717, 1.165) is 17.1 Å². The van der Waals surface area contributed by atoms with Crippen LogP contribution >= 0.6 is 11.3 Å². The summed E-state index contributed by atoms with van der Waals surface area (Å²) in [7, 11) is 0. The van der Waals surface area contributed by atoms with Crippen LogP contribution < -0.4 is 4.90 Å². The van der Waals surface area contributed by atoms with Crippen LogP contribution in [0.5, 0.6) is 0 Å². The van der Waals surface area contributed by atoms with E-state index in [0.29, 0.717) is 0 Å². The first-order chi connectivity index (χ1) is 26.3. The fraction of sp³-hybridized carbons (Fsp3) is 0. The average molecular weight is 693 g/mol. The summed E-state index contributed by atoms with van der Waals surface area (Å²) in [6, 6.07) is 70.7. The molecule has 2 aromatic heterocycles. The standard InChI is InChI=1S/C50H32N2S/c1-4-12-36(13-5-1)51(37-14-6-2-7-15-37)39-25-20-33(21-26-39)46-30-31-47(53-46)41-27-22-34-23-29-43-49-35(24-28-42(41)48(34)49)32-44-40-18-10-11-19-45(40)52(50(43)44)38-16-8-3-9-17-38/h1-32H. The summed E-state index contributed by atoms with van der Waals surface area (Å²) >= 11 is 1.86. The van der Waals surface area contributed by atoms with Crippen LogP contribution in [0.4, 0.5) is 17.1 Å². The maximum atomic E-state index is 2.45. The molecule has 0 bridgehead atoms. The fourth-order valence-corrected chi connectivity index (χ4v) is 9.45. The summed E-state index contributed by atoms with van der Waals surface area (Å²) in [5, 5.41) is 10.4. The largest absolute Gasteiger partial charge is 0.311 e. The van der Waals surface area contributed by atoms with Gasteiger partial charge >= 0.3 is 0 Å². The van der Waals surface area contributed by atoms with Gasteiger partial charge in [0, 0.05) is 48.7 Å². The van der Waals surface area contributed by atoms with Crippen LogP contribution in [0.2, 0.25) is 0 Å². The molecule has 0 saturated heterocycles. The third-order valence-electron chi connectivity index (χ3n) is 10.7. The van der Waals surface area contributed by atoms with Gasteiger partial charge in [-0.15, -0.1) is 11.3 Å². The van der Waals surface area contributed by atoms with Gasteiger partial charge in [0.1, 0.15) is 0 Å². The topological polar surface area (TPSA) is 8.17 Å². The molecule has 0 radical (unpaired) electrons. The van der Waals surface area contributed by atoms with Gasteiger partial charge in [-0.25, -0.2) is 0 Å². The second-order valence-electron chi connectivity index (χ2n) is 13.7. The molecule has 0 N–H and O–H groups in total. The molecule has 9 aromatic carbocycles. The summed E-state index contributed by atoms with van der Waals surface area (Å²) in [4.78, 5) is 4.85.